The Labute approximate surface area is 131 Å². The molecule has 1 saturated carbocycles. The molecule has 1 aromatic heterocycles. The number of anilines is 2. The second-order valence-electron chi connectivity index (χ2n) is 6.45. The Hall–Kier alpha value is -1.85. The molecular formula is C16H25N5O. The van der Waals surface area contributed by atoms with Crippen LogP contribution in [-0.4, -0.2) is 42.1 Å². The highest BCUT2D eigenvalue weighted by atomic mass is 16.2. The lowest BCUT2D eigenvalue weighted by atomic mass is 10.0. The first-order chi connectivity index (χ1) is 10.7. The first-order valence-electron chi connectivity index (χ1n) is 8.31. The van der Waals surface area contributed by atoms with Crippen LogP contribution in [0.2, 0.25) is 0 Å². The number of amides is 1. The highest BCUT2D eigenvalue weighted by Crippen LogP contribution is 2.28. The molecule has 2 N–H and O–H groups in total. The predicted octanol–water partition coefficient (Wildman–Crippen LogP) is 1.65. The van der Waals surface area contributed by atoms with Gasteiger partial charge in [-0.15, -0.1) is 0 Å². The zero-order valence-corrected chi connectivity index (χ0v) is 13.2. The third-order valence-electron chi connectivity index (χ3n) is 4.31. The molecule has 3 rings (SSSR count). The van der Waals surface area contributed by atoms with E-state index in [0.29, 0.717) is 13.1 Å². The molecule has 0 bridgehead atoms. The van der Waals surface area contributed by atoms with Crippen LogP contribution in [0.4, 0.5) is 11.6 Å². The van der Waals surface area contributed by atoms with Gasteiger partial charge in [0, 0.05) is 38.2 Å². The molecule has 1 unspecified atom stereocenters. The van der Waals surface area contributed by atoms with E-state index in [1.165, 1.54) is 12.8 Å². The van der Waals surface area contributed by atoms with Crippen LogP contribution >= 0.6 is 0 Å². The molecule has 120 valence electrons. The lowest BCUT2D eigenvalue weighted by molar-refractivity contribution is -0.122. The summed E-state index contributed by atoms with van der Waals surface area (Å²) in [5.41, 5.74) is 0. The minimum absolute atomic E-state index is 0.187. The van der Waals surface area contributed by atoms with Gasteiger partial charge in [-0.25, -0.2) is 9.97 Å². The molecule has 2 heterocycles. The van der Waals surface area contributed by atoms with E-state index < -0.39 is 0 Å². The summed E-state index contributed by atoms with van der Waals surface area (Å²) in [6, 6.07) is 2.00. The summed E-state index contributed by atoms with van der Waals surface area (Å²) in [4.78, 5) is 22.5. The highest BCUT2D eigenvalue weighted by molar-refractivity contribution is 5.80. The number of hydrogen-bond donors (Lipinski definition) is 2. The van der Waals surface area contributed by atoms with Crippen LogP contribution in [0.25, 0.3) is 0 Å². The van der Waals surface area contributed by atoms with Crippen molar-refractivity contribution >= 4 is 17.5 Å². The van der Waals surface area contributed by atoms with Crippen molar-refractivity contribution in [3.05, 3.63) is 12.4 Å². The maximum atomic E-state index is 11.5. The van der Waals surface area contributed by atoms with Crippen LogP contribution in [0.15, 0.2) is 12.4 Å². The van der Waals surface area contributed by atoms with E-state index in [0.717, 1.165) is 43.5 Å². The summed E-state index contributed by atoms with van der Waals surface area (Å²) in [5.74, 6) is 2.99. The van der Waals surface area contributed by atoms with Gasteiger partial charge >= 0.3 is 0 Å². The smallest absolute Gasteiger partial charge is 0.223 e. The van der Waals surface area contributed by atoms with Gasteiger partial charge < -0.3 is 15.5 Å². The van der Waals surface area contributed by atoms with Crippen molar-refractivity contribution in [1.82, 2.24) is 15.3 Å². The van der Waals surface area contributed by atoms with Crippen molar-refractivity contribution in [2.24, 2.45) is 11.8 Å². The van der Waals surface area contributed by atoms with Crippen molar-refractivity contribution < 1.29 is 4.79 Å². The molecule has 0 aromatic carbocycles. The average molecular weight is 303 g/mol. The highest BCUT2D eigenvalue weighted by Gasteiger charge is 2.28. The summed E-state index contributed by atoms with van der Waals surface area (Å²) >= 11 is 0. The van der Waals surface area contributed by atoms with Crippen molar-refractivity contribution in [1.29, 1.82) is 0 Å². The zero-order chi connectivity index (χ0) is 15.4. The second-order valence-corrected chi connectivity index (χ2v) is 6.45. The average Bonchev–Trinajstić information content (AvgIpc) is 3.36. The van der Waals surface area contributed by atoms with E-state index in [1.807, 2.05) is 6.07 Å². The predicted molar refractivity (Wildman–Crippen MR) is 86.9 cm³/mol. The molecule has 0 spiro atoms. The third-order valence-corrected chi connectivity index (χ3v) is 4.31. The monoisotopic (exact) mass is 303 g/mol. The van der Waals surface area contributed by atoms with E-state index in [1.54, 1.807) is 6.33 Å². The zero-order valence-electron chi connectivity index (χ0n) is 13.2. The van der Waals surface area contributed by atoms with Gasteiger partial charge in [-0.1, -0.05) is 6.92 Å². The van der Waals surface area contributed by atoms with Crippen molar-refractivity contribution in [2.75, 3.05) is 36.4 Å². The van der Waals surface area contributed by atoms with Crippen LogP contribution in [0.3, 0.4) is 0 Å². The number of nitrogens with one attached hydrogen (secondary N) is 2. The van der Waals surface area contributed by atoms with E-state index in [2.05, 4.69) is 32.4 Å². The van der Waals surface area contributed by atoms with Gasteiger partial charge in [0.1, 0.15) is 18.0 Å². The summed E-state index contributed by atoms with van der Waals surface area (Å²) in [5, 5.41) is 6.20. The Morgan fingerprint density at radius 1 is 1.32 bits per heavy atom. The first kappa shape index (κ1) is 15.1. The van der Waals surface area contributed by atoms with Crippen LogP contribution in [0.1, 0.15) is 32.6 Å². The summed E-state index contributed by atoms with van der Waals surface area (Å²) in [6.07, 6.45) is 6.22. The first-order valence-corrected chi connectivity index (χ1v) is 8.31. The van der Waals surface area contributed by atoms with Gasteiger partial charge in [0.25, 0.3) is 0 Å². The van der Waals surface area contributed by atoms with E-state index in [4.69, 9.17) is 0 Å². The summed E-state index contributed by atoms with van der Waals surface area (Å²) in [7, 11) is 0. The largest absolute Gasteiger partial charge is 0.368 e. The summed E-state index contributed by atoms with van der Waals surface area (Å²) in [6.45, 7) is 5.74. The molecule has 1 saturated heterocycles. The van der Waals surface area contributed by atoms with Crippen LogP contribution in [0, 0.1) is 11.8 Å². The molecule has 1 aromatic rings. The van der Waals surface area contributed by atoms with Crippen LogP contribution in [0.5, 0.6) is 0 Å². The topological polar surface area (TPSA) is 70.2 Å². The normalized spacial score (nSPS) is 21.5. The Bertz CT molecular complexity index is 517. The van der Waals surface area contributed by atoms with Crippen LogP contribution < -0.4 is 15.5 Å². The van der Waals surface area contributed by atoms with Crippen molar-refractivity contribution in [3.8, 4) is 0 Å². The number of aromatic nitrogens is 2. The Morgan fingerprint density at radius 3 is 2.95 bits per heavy atom. The lowest BCUT2D eigenvalue weighted by Crippen LogP contribution is -2.35. The van der Waals surface area contributed by atoms with E-state index in [-0.39, 0.29) is 11.8 Å². The number of piperidine rings is 1. The van der Waals surface area contributed by atoms with Crippen LogP contribution in [-0.2, 0) is 4.79 Å². The second kappa shape index (κ2) is 6.94. The minimum Gasteiger partial charge on any atom is -0.368 e. The van der Waals surface area contributed by atoms with Crippen molar-refractivity contribution in [2.45, 2.75) is 32.6 Å². The fraction of sp³-hybridized carbons (Fsp3) is 0.688. The van der Waals surface area contributed by atoms with Gasteiger partial charge in [-0.3, -0.25) is 4.79 Å². The molecule has 1 amide bonds. The van der Waals surface area contributed by atoms with Gasteiger partial charge in [0.05, 0.1) is 0 Å². The van der Waals surface area contributed by atoms with Gasteiger partial charge in [-0.2, -0.15) is 0 Å². The third kappa shape index (κ3) is 4.08. The quantitative estimate of drug-likeness (QED) is 0.782. The molecule has 0 radical (unpaired) electrons. The maximum absolute atomic E-state index is 11.5. The number of hydrogen-bond acceptors (Lipinski definition) is 5. The summed E-state index contributed by atoms with van der Waals surface area (Å²) < 4.78 is 0. The standard InChI is InChI=1S/C16H25N5O/c1-12-3-2-8-21(10-12)15-9-14(19-11-20-15)17-6-7-18-16(22)13-4-5-13/h9,11-13H,2-8,10H2,1H3,(H,18,22)(H,17,19,20). The van der Waals surface area contributed by atoms with E-state index >= 15 is 0 Å². The minimum atomic E-state index is 0.187. The molecule has 2 aliphatic rings. The Kier molecular flexibility index (Phi) is 4.75. The van der Waals surface area contributed by atoms with Crippen molar-refractivity contribution in [3.63, 3.8) is 0 Å². The molecule has 1 aliphatic heterocycles. The molecule has 1 atom stereocenters. The number of carbonyl (C=O) groups excluding carboxylic acids is 1. The fourth-order valence-electron chi connectivity index (χ4n) is 2.88. The van der Waals surface area contributed by atoms with Gasteiger partial charge in [0.15, 0.2) is 0 Å². The number of carbonyl (C=O) groups is 1. The Balaban J connectivity index is 1.47. The molecule has 6 nitrogen and oxygen atoms in total. The maximum Gasteiger partial charge on any atom is 0.223 e. The number of rotatable bonds is 6. The number of nitrogens with zero attached hydrogens (tertiary/aromatic N) is 3. The molecule has 6 heteroatoms. The molecule has 2 fully saturated rings. The van der Waals surface area contributed by atoms with Gasteiger partial charge in [0.2, 0.25) is 5.91 Å². The van der Waals surface area contributed by atoms with E-state index in [9.17, 15) is 4.79 Å². The van der Waals surface area contributed by atoms with Gasteiger partial charge in [-0.05, 0) is 31.6 Å². The molecule has 22 heavy (non-hydrogen) atoms. The lowest BCUT2D eigenvalue weighted by Gasteiger charge is -2.31. The Morgan fingerprint density at radius 2 is 2.18 bits per heavy atom. The SMILES string of the molecule is CC1CCCN(c2cc(NCCNC(=O)C3CC3)ncn2)C1. The molecular weight excluding hydrogens is 278 g/mol. The fourth-order valence-corrected chi connectivity index (χ4v) is 2.88. The molecule has 1 aliphatic carbocycles.